The van der Waals surface area contributed by atoms with Crippen LogP contribution in [0.3, 0.4) is 0 Å². The van der Waals surface area contributed by atoms with Crippen LogP contribution < -0.4 is 5.32 Å². The summed E-state index contributed by atoms with van der Waals surface area (Å²) >= 11 is 0. The molecule has 2 rings (SSSR count). The molecule has 0 aliphatic carbocycles. The molecule has 0 spiro atoms. The Balaban J connectivity index is 0.00000220. The minimum atomic E-state index is -0.374. The number of carbonyl (C=O) groups is 1. The number of piperidine rings is 1. The summed E-state index contributed by atoms with van der Waals surface area (Å²) in [5.74, 6) is 0.0363. The Labute approximate surface area is 132 Å². The summed E-state index contributed by atoms with van der Waals surface area (Å²) in [4.78, 5) is 14.2. The number of aliphatic hydroxyl groups is 1. The highest BCUT2D eigenvalue weighted by Crippen LogP contribution is 2.22. The molecule has 1 fully saturated rings. The van der Waals surface area contributed by atoms with Crippen molar-refractivity contribution in [2.75, 3.05) is 26.7 Å². The van der Waals surface area contributed by atoms with Crippen LogP contribution in [0.25, 0.3) is 0 Å². The molecule has 21 heavy (non-hydrogen) atoms. The highest BCUT2D eigenvalue weighted by molar-refractivity contribution is 5.92. The molecule has 1 aromatic heterocycles. The van der Waals surface area contributed by atoms with E-state index in [1.807, 2.05) is 18.3 Å². The molecule has 0 radical (unpaired) electrons. The maximum absolute atomic E-state index is 12.5. The molecule has 0 aromatic carbocycles. The summed E-state index contributed by atoms with van der Waals surface area (Å²) in [7, 11) is 1.80. The van der Waals surface area contributed by atoms with Crippen molar-refractivity contribution in [3.05, 3.63) is 24.0 Å². The van der Waals surface area contributed by atoms with Gasteiger partial charge < -0.3 is 19.9 Å². The number of rotatable bonds is 5. The molecule has 1 amide bonds. The number of nitrogens with zero attached hydrogens (tertiary/aromatic N) is 2. The summed E-state index contributed by atoms with van der Waals surface area (Å²) in [6.07, 6.45) is 4.36. The first-order chi connectivity index (χ1) is 9.59. The summed E-state index contributed by atoms with van der Waals surface area (Å²) in [6.45, 7) is 4.34. The van der Waals surface area contributed by atoms with Gasteiger partial charge in [-0.1, -0.05) is 0 Å². The third kappa shape index (κ3) is 4.73. The number of nitrogens with one attached hydrogen (secondary N) is 1. The largest absolute Gasteiger partial charge is 0.393 e. The van der Waals surface area contributed by atoms with E-state index < -0.39 is 0 Å². The van der Waals surface area contributed by atoms with Crippen LogP contribution in [0.5, 0.6) is 0 Å². The number of halogens is 1. The van der Waals surface area contributed by atoms with Crippen molar-refractivity contribution in [3.63, 3.8) is 0 Å². The van der Waals surface area contributed by atoms with E-state index in [1.54, 1.807) is 18.9 Å². The fourth-order valence-corrected chi connectivity index (χ4v) is 2.66. The minimum absolute atomic E-state index is 0. The van der Waals surface area contributed by atoms with Gasteiger partial charge in [0.25, 0.3) is 5.91 Å². The van der Waals surface area contributed by atoms with Crippen LogP contribution in [0.4, 0.5) is 0 Å². The van der Waals surface area contributed by atoms with Crippen LogP contribution in [-0.4, -0.2) is 53.3 Å². The number of amides is 1. The maximum Gasteiger partial charge on any atom is 0.270 e. The van der Waals surface area contributed by atoms with Crippen LogP contribution in [0.15, 0.2) is 18.3 Å². The first-order valence-corrected chi connectivity index (χ1v) is 7.40. The van der Waals surface area contributed by atoms with Gasteiger partial charge in [-0.25, -0.2) is 0 Å². The van der Waals surface area contributed by atoms with Crippen molar-refractivity contribution in [2.24, 2.45) is 0 Å². The highest BCUT2D eigenvalue weighted by Gasteiger charge is 2.21. The Morgan fingerprint density at radius 1 is 1.52 bits per heavy atom. The van der Waals surface area contributed by atoms with Gasteiger partial charge >= 0.3 is 0 Å². The van der Waals surface area contributed by atoms with E-state index in [4.69, 9.17) is 0 Å². The molecular formula is C15H26ClN3O2. The second-order valence-corrected chi connectivity index (χ2v) is 5.65. The number of aliphatic hydroxyl groups excluding tert-OH is 1. The van der Waals surface area contributed by atoms with E-state index in [2.05, 4.69) is 9.88 Å². The summed E-state index contributed by atoms with van der Waals surface area (Å²) in [6, 6.07) is 4.25. The van der Waals surface area contributed by atoms with Gasteiger partial charge in [-0.15, -0.1) is 12.4 Å². The first kappa shape index (κ1) is 18.0. The number of aromatic nitrogens is 1. The number of carbonyl (C=O) groups excluding carboxylic acids is 1. The van der Waals surface area contributed by atoms with E-state index in [9.17, 15) is 9.90 Å². The molecule has 1 atom stereocenters. The quantitative estimate of drug-likeness (QED) is 0.869. The minimum Gasteiger partial charge on any atom is -0.393 e. The van der Waals surface area contributed by atoms with E-state index in [1.165, 1.54) is 0 Å². The molecule has 1 aromatic rings. The second kappa shape index (κ2) is 8.41. The zero-order valence-electron chi connectivity index (χ0n) is 12.8. The van der Waals surface area contributed by atoms with Gasteiger partial charge in [-0.2, -0.15) is 0 Å². The molecular weight excluding hydrogens is 290 g/mol. The normalized spacial score (nSPS) is 17.1. The van der Waals surface area contributed by atoms with Gasteiger partial charge in [-0.05, 0) is 51.4 Å². The van der Waals surface area contributed by atoms with Crippen molar-refractivity contribution < 1.29 is 9.90 Å². The van der Waals surface area contributed by atoms with Gasteiger partial charge in [0.15, 0.2) is 0 Å². The van der Waals surface area contributed by atoms with Crippen molar-refractivity contribution in [3.8, 4) is 0 Å². The maximum atomic E-state index is 12.5. The van der Waals surface area contributed by atoms with Crippen molar-refractivity contribution in [1.29, 1.82) is 0 Å². The standard InChI is InChI=1S/C15H25N3O2.ClH/c1-12(19)7-11-17(2)15(20)14-4-3-10-18(14)13-5-8-16-9-6-13;/h3-4,10,12-13,16,19H,5-9,11H2,1-2H3;1H. The third-order valence-corrected chi connectivity index (χ3v) is 3.93. The second-order valence-electron chi connectivity index (χ2n) is 5.65. The van der Waals surface area contributed by atoms with Crippen LogP contribution in [0, 0.1) is 0 Å². The zero-order chi connectivity index (χ0) is 14.5. The van der Waals surface area contributed by atoms with Crippen LogP contribution in [0.1, 0.15) is 42.7 Å². The van der Waals surface area contributed by atoms with E-state index in [0.29, 0.717) is 19.0 Å². The first-order valence-electron chi connectivity index (χ1n) is 7.40. The van der Waals surface area contributed by atoms with Crippen molar-refractivity contribution >= 4 is 18.3 Å². The van der Waals surface area contributed by atoms with Crippen LogP contribution >= 0.6 is 12.4 Å². The van der Waals surface area contributed by atoms with Crippen LogP contribution in [-0.2, 0) is 0 Å². The lowest BCUT2D eigenvalue weighted by Crippen LogP contribution is -2.34. The average molecular weight is 316 g/mol. The third-order valence-electron chi connectivity index (χ3n) is 3.93. The Kier molecular flexibility index (Phi) is 7.22. The lowest BCUT2D eigenvalue weighted by molar-refractivity contribution is 0.0754. The highest BCUT2D eigenvalue weighted by atomic mass is 35.5. The monoisotopic (exact) mass is 315 g/mol. The molecule has 5 nitrogen and oxygen atoms in total. The Morgan fingerprint density at radius 2 is 2.19 bits per heavy atom. The van der Waals surface area contributed by atoms with Crippen molar-refractivity contribution in [1.82, 2.24) is 14.8 Å². The molecule has 120 valence electrons. The molecule has 0 saturated carbocycles. The number of hydrogen-bond donors (Lipinski definition) is 2. The molecule has 1 unspecified atom stereocenters. The van der Waals surface area contributed by atoms with Gasteiger partial charge in [0, 0.05) is 25.8 Å². The molecule has 1 aliphatic heterocycles. The summed E-state index contributed by atoms with van der Waals surface area (Å²) < 4.78 is 2.11. The molecule has 6 heteroatoms. The SMILES string of the molecule is CC(O)CCN(C)C(=O)c1cccn1C1CCNCC1.Cl. The van der Waals surface area contributed by atoms with E-state index in [-0.39, 0.29) is 24.4 Å². The van der Waals surface area contributed by atoms with Crippen LogP contribution in [0.2, 0.25) is 0 Å². The molecule has 2 N–H and O–H groups in total. The van der Waals surface area contributed by atoms with Gasteiger partial charge in [0.05, 0.1) is 6.10 Å². The van der Waals surface area contributed by atoms with Gasteiger partial charge in [-0.3, -0.25) is 4.79 Å². The predicted octanol–water partition coefficient (Wildman–Crippen LogP) is 1.68. The van der Waals surface area contributed by atoms with Crippen molar-refractivity contribution in [2.45, 2.75) is 38.3 Å². The lowest BCUT2D eigenvalue weighted by Gasteiger charge is -2.27. The molecule has 1 aliphatic rings. The van der Waals surface area contributed by atoms with Gasteiger partial charge in [0.1, 0.15) is 5.69 Å². The predicted molar refractivity (Wildman–Crippen MR) is 86.1 cm³/mol. The molecule has 2 heterocycles. The average Bonchev–Trinajstić information content (AvgIpc) is 2.94. The molecule has 0 bridgehead atoms. The van der Waals surface area contributed by atoms with Gasteiger partial charge in [0.2, 0.25) is 0 Å². The Bertz CT molecular complexity index is 442. The lowest BCUT2D eigenvalue weighted by atomic mass is 10.1. The van der Waals surface area contributed by atoms with E-state index >= 15 is 0 Å². The fraction of sp³-hybridized carbons (Fsp3) is 0.667. The summed E-state index contributed by atoms with van der Waals surface area (Å²) in [5.41, 5.74) is 0.755. The zero-order valence-corrected chi connectivity index (χ0v) is 13.6. The topological polar surface area (TPSA) is 57.5 Å². The number of hydrogen-bond acceptors (Lipinski definition) is 3. The van der Waals surface area contributed by atoms with E-state index in [0.717, 1.165) is 31.6 Å². The smallest absolute Gasteiger partial charge is 0.270 e. The fourth-order valence-electron chi connectivity index (χ4n) is 2.66. The Hall–Kier alpha value is -1.04. The summed E-state index contributed by atoms with van der Waals surface area (Å²) in [5, 5.41) is 12.7. The Morgan fingerprint density at radius 3 is 2.81 bits per heavy atom. The molecule has 1 saturated heterocycles.